The molecule has 1 aliphatic rings. The molecular formula is C18H18N2O3S. The van der Waals surface area contributed by atoms with E-state index in [0.29, 0.717) is 24.9 Å². The molecule has 0 atom stereocenters. The molecule has 0 unspecified atom stereocenters. The van der Waals surface area contributed by atoms with Crippen molar-refractivity contribution < 1.29 is 14.4 Å². The van der Waals surface area contributed by atoms with E-state index in [2.05, 4.69) is 5.32 Å². The number of carbonyl (C=O) groups excluding carboxylic acids is 3. The Balaban J connectivity index is 1.52. The molecule has 124 valence electrons. The second-order valence-corrected chi connectivity index (χ2v) is 6.69. The molecule has 0 saturated carbocycles. The van der Waals surface area contributed by atoms with Crippen LogP contribution in [-0.2, 0) is 22.6 Å². The largest absolute Gasteiger partial charge is 0.352 e. The quantitative estimate of drug-likeness (QED) is 0.820. The predicted molar refractivity (Wildman–Crippen MR) is 91.6 cm³/mol. The van der Waals surface area contributed by atoms with E-state index in [1.807, 2.05) is 17.5 Å². The first kappa shape index (κ1) is 16.4. The lowest BCUT2D eigenvalue weighted by Gasteiger charge is -2.14. The van der Waals surface area contributed by atoms with Crippen LogP contribution < -0.4 is 5.32 Å². The zero-order valence-corrected chi connectivity index (χ0v) is 14.0. The SMILES string of the molecule is O=C(NCCc1cccs1)c1ccc(CN2C(=O)CCC2=O)cc1. The van der Waals surface area contributed by atoms with Crippen molar-refractivity contribution in [3.8, 4) is 0 Å². The van der Waals surface area contributed by atoms with Crippen LogP contribution in [0.2, 0.25) is 0 Å². The third kappa shape index (κ3) is 3.89. The van der Waals surface area contributed by atoms with E-state index in [-0.39, 0.29) is 24.3 Å². The second-order valence-electron chi connectivity index (χ2n) is 5.66. The van der Waals surface area contributed by atoms with E-state index >= 15 is 0 Å². The van der Waals surface area contributed by atoms with Gasteiger partial charge in [0, 0.05) is 29.8 Å². The highest BCUT2D eigenvalue weighted by Crippen LogP contribution is 2.16. The van der Waals surface area contributed by atoms with Crippen LogP contribution in [-0.4, -0.2) is 29.2 Å². The number of nitrogens with zero attached hydrogens (tertiary/aromatic N) is 1. The summed E-state index contributed by atoms with van der Waals surface area (Å²) in [6.07, 6.45) is 1.41. The van der Waals surface area contributed by atoms with Crippen molar-refractivity contribution in [3.63, 3.8) is 0 Å². The maximum atomic E-state index is 12.1. The number of carbonyl (C=O) groups is 3. The number of rotatable bonds is 6. The van der Waals surface area contributed by atoms with Crippen LogP contribution in [0.15, 0.2) is 41.8 Å². The van der Waals surface area contributed by atoms with Crippen molar-refractivity contribution in [1.82, 2.24) is 10.2 Å². The number of benzene rings is 1. The zero-order valence-electron chi connectivity index (χ0n) is 13.2. The standard InChI is InChI=1S/C18H18N2O3S/c21-16-7-8-17(22)20(16)12-13-3-5-14(6-4-13)18(23)19-10-9-15-2-1-11-24-15/h1-6,11H,7-10,12H2,(H,19,23). The van der Waals surface area contributed by atoms with Gasteiger partial charge in [-0.2, -0.15) is 0 Å². The molecule has 1 aromatic carbocycles. The molecule has 0 radical (unpaired) electrons. The van der Waals surface area contributed by atoms with Crippen molar-refractivity contribution in [2.75, 3.05) is 6.54 Å². The topological polar surface area (TPSA) is 66.5 Å². The molecule has 1 N–H and O–H groups in total. The van der Waals surface area contributed by atoms with E-state index in [9.17, 15) is 14.4 Å². The Kier molecular flexibility index (Phi) is 5.05. The summed E-state index contributed by atoms with van der Waals surface area (Å²) in [5.41, 5.74) is 1.41. The Hall–Kier alpha value is -2.47. The summed E-state index contributed by atoms with van der Waals surface area (Å²) in [7, 11) is 0. The molecule has 1 saturated heterocycles. The second kappa shape index (κ2) is 7.40. The van der Waals surface area contributed by atoms with Gasteiger partial charge in [-0.3, -0.25) is 19.3 Å². The van der Waals surface area contributed by atoms with E-state index in [1.54, 1.807) is 35.6 Å². The molecule has 1 aliphatic heterocycles. The van der Waals surface area contributed by atoms with Gasteiger partial charge in [0.2, 0.25) is 11.8 Å². The number of hydrogen-bond donors (Lipinski definition) is 1. The van der Waals surface area contributed by atoms with Gasteiger partial charge in [0.05, 0.1) is 6.54 Å². The van der Waals surface area contributed by atoms with Crippen LogP contribution in [0.25, 0.3) is 0 Å². The first-order chi connectivity index (χ1) is 11.6. The Morgan fingerprint density at radius 2 is 1.79 bits per heavy atom. The van der Waals surface area contributed by atoms with Crippen molar-refractivity contribution >= 4 is 29.1 Å². The van der Waals surface area contributed by atoms with Gasteiger partial charge in [-0.05, 0) is 35.6 Å². The Labute approximate surface area is 144 Å². The molecule has 3 amide bonds. The molecule has 2 heterocycles. The predicted octanol–water partition coefficient (Wildman–Crippen LogP) is 2.37. The number of nitrogens with one attached hydrogen (secondary N) is 1. The van der Waals surface area contributed by atoms with Gasteiger partial charge in [0.15, 0.2) is 0 Å². The summed E-state index contributed by atoms with van der Waals surface area (Å²) < 4.78 is 0. The van der Waals surface area contributed by atoms with Crippen LogP contribution in [0, 0.1) is 0 Å². The fourth-order valence-corrected chi connectivity index (χ4v) is 3.31. The highest BCUT2D eigenvalue weighted by molar-refractivity contribution is 7.09. The molecule has 6 heteroatoms. The molecule has 0 bridgehead atoms. The van der Waals surface area contributed by atoms with Crippen LogP contribution in [0.3, 0.4) is 0 Å². The molecular weight excluding hydrogens is 324 g/mol. The minimum Gasteiger partial charge on any atom is -0.352 e. The molecule has 0 spiro atoms. The maximum absolute atomic E-state index is 12.1. The van der Waals surface area contributed by atoms with Gasteiger partial charge in [0.1, 0.15) is 0 Å². The summed E-state index contributed by atoms with van der Waals surface area (Å²) in [5, 5.41) is 4.91. The number of thiophene rings is 1. The summed E-state index contributed by atoms with van der Waals surface area (Å²) in [5.74, 6) is -0.378. The Bertz CT molecular complexity index is 722. The molecule has 24 heavy (non-hydrogen) atoms. The first-order valence-electron chi connectivity index (χ1n) is 7.86. The van der Waals surface area contributed by atoms with Crippen LogP contribution in [0.4, 0.5) is 0 Å². The smallest absolute Gasteiger partial charge is 0.251 e. The van der Waals surface area contributed by atoms with E-state index < -0.39 is 0 Å². The lowest BCUT2D eigenvalue weighted by Crippen LogP contribution is -2.28. The highest BCUT2D eigenvalue weighted by Gasteiger charge is 2.28. The molecule has 1 aromatic heterocycles. The van der Waals surface area contributed by atoms with E-state index in [4.69, 9.17) is 0 Å². The third-order valence-electron chi connectivity index (χ3n) is 3.95. The van der Waals surface area contributed by atoms with E-state index in [1.165, 1.54) is 9.78 Å². The molecule has 0 aliphatic carbocycles. The van der Waals surface area contributed by atoms with Gasteiger partial charge >= 0.3 is 0 Å². The minimum atomic E-state index is -0.129. The van der Waals surface area contributed by atoms with Crippen molar-refractivity contribution in [1.29, 1.82) is 0 Å². The van der Waals surface area contributed by atoms with E-state index in [0.717, 1.165) is 12.0 Å². The van der Waals surface area contributed by atoms with Gasteiger partial charge < -0.3 is 5.32 Å². The normalized spacial score (nSPS) is 14.2. The molecule has 3 rings (SSSR count). The monoisotopic (exact) mass is 342 g/mol. The third-order valence-corrected chi connectivity index (χ3v) is 4.88. The van der Waals surface area contributed by atoms with Gasteiger partial charge in [0.25, 0.3) is 5.91 Å². The summed E-state index contributed by atoms with van der Waals surface area (Å²) in [4.78, 5) is 37.9. The van der Waals surface area contributed by atoms with Crippen molar-refractivity contribution in [2.24, 2.45) is 0 Å². The lowest BCUT2D eigenvalue weighted by molar-refractivity contribution is -0.139. The lowest BCUT2D eigenvalue weighted by atomic mass is 10.1. The average molecular weight is 342 g/mol. The number of imide groups is 1. The molecule has 1 fully saturated rings. The minimum absolute atomic E-state index is 0.119. The number of likely N-dealkylation sites (tertiary alicyclic amines) is 1. The molecule has 2 aromatic rings. The number of amides is 3. The fraction of sp³-hybridized carbons (Fsp3) is 0.278. The van der Waals surface area contributed by atoms with Gasteiger partial charge in [-0.25, -0.2) is 0 Å². The maximum Gasteiger partial charge on any atom is 0.251 e. The molecule has 5 nitrogen and oxygen atoms in total. The highest BCUT2D eigenvalue weighted by atomic mass is 32.1. The fourth-order valence-electron chi connectivity index (χ4n) is 2.60. The zero-order chi connectivity index (χ0) is 16.9. The number of hydrogen-bond acceptors (Lipinski definition) is 4. The Morgan fingerprint density at radius 1 is 1.08 bits per heavy atom. The van der Waals surface area contributed by atoms with Crippen molar-refractivity contribution in [2.45, 2.75) is 25.8 Å². The van der Waals surface area contributed by atoms with Crippen LogP contribution in [0.5, 0.6) is 0 Å². The summed E-state index contributed by atoms with van der Waals surface area (Å²) in [6.45, 7) is 0.871. The first-order valence-corrected chi connectivity index (χ1v) is 8.74. The summed E-state index contributed by atoms with van der Waals surface area (Å²) in [6, 6.07) is 11.1. The van der Waals surface area contributed by atoms with Gasteiger partial charge in [-0.15, -0.1) is 11.3 Å². The summed E-state index contributed by atoms with van der Waals surface area (Å²) >= 11 is 1.68. The Morgan fingerprint density at radius 3 is 2.42 bits per heavy atom. The van der Waals surface area contributed by atoms with Crippen LogP contribution in [0.1, 0.15) is 33.6 Å². The van der Waals surface area contributed by atoms with Crippen LogP contribution >= 0.6 is 11.3 Å². The van der Waals surface area contributed by atoms with Crippen molar-refractivity contribution in [3.05, 3.63) is 57.8 Å². The van der Waals surface area contributed by atoms with Gasteiger partial charge in [-0.1, -0.05) is 18.2 Å². The average Bonchev–Trinajstić information content (AvgIpc) is 3.21.